The molecule has 9 atom stereocenters. The molecule has 0 aromatic heterocycles. The highest BCUT2D eigenvalue weighted by Crippen LogP contribution is 2.30. The topological polar surface area (TPSA) is 348 Å². The van der Waals surface area contributed by atoms with E-state index in [1.54, 1.807) is 67.6 Å². The number of nitrogens with one attached hydrogen (secondary N) is 3. The van der Waals surface area contributed by atoms with Crippen LogP contribution >= 0.6 is 0 Å². The molecule has 1 saturated heterocycles. The van der Waals surface area contributed by atoms with Crippen LogP contribution in [0, 0.1) is 11.8 Å². The number of allylic oxidation sites excluding steroid dienone is 1. The summed E-state index contributed by atoms with van der Waals surface area (Å²) in [6.45, 7) is 2.77. The number of rotatable bonds is 27. The molecule has 11 N–H and O–H groups in total. The number of carboxylic acids is 1. The van der Waals surface area contributed by atoms with Gasteiger partial charge in [-0.05, 0) is 50.2 Å². The van der Waals surface area contributed by atoms with Crippen LogP contribution in [0.5, 0.6) is 0 Å². The minimum absolute atomic E-state index is 0.0185. The lowest BCUT2D eigenvalue weighted by molar-refractivity contribution is -0.264. The van der Waals surface area contributed by atoms with E-state index in [0.29, 0.717) is 16.7 Å². The number of hydrogen-bond acceptors (Lipinski definition) is 14. The summed E-state index contributed by atoms with van der Waals surface area (Å²) < 4.78 is 5.33. The molecule has 0 spiro atoms. The molecule has 4 rings (SSSR count). The first-order valence-corrected chi connectivity index (χ1v) is 22.8. The van der Waals surface area contributed by atoms with Crippen LogP contribution in [0.15, 0.2) is 77.4 Å². The Morgan fingerprint density at radius 3 is 2.01 bits per heavy atom. The molecule has 0 bridgehead atoms. The fourth-order valence-corrected chi connectivity index (χ4v) is 8.06. The summed E-state index contributed by atoms with van der Waals surface area (Å²) in [6, 6.07) is 13.5. The first-order valence-electron chi connectivity index (χ1n) is 22.8. The number of amides is 4. The molecule has 21 heteroatoms. The molecule has 0 radical (unpaired) electrons. The molecule has 2 aliphatic rings. The highest BCUT2D eigenvalue weighted by atomic mass is 16.6. The van der Waals surface area contributed by atoms with Gasteiger partial charge in [0.1, 0.15) is 12.6 Å². The number of aliphatic carboxylic acids is 1. The third kappa shape index (κ3) is 17.4. The molecule has 0 aliphatic carbocycles. The normalized spacial score (nSPS) is 20.9. The van der Waals surface area contributed by atoms with Crippen molar-refractivity contribution in [2.75, 3.05) is 13.1 Å². The first kappa shape index (κ1) is 54.9. The van der Waals surface area contributed by atoms with Gasteiger partial charge in [0, 0.05) is 55.8 Å². The second kappa shape index (κ2) is 26.8. The van der Waals surface area contributed by atoms with E-state index in [1.807, 2.05) is 0 Å². The summed E-state index contributed by atoms with van der Waals surface area (Å²) in [5.74, 6) is -9.40. The Morgan fingerprint density at radius 1 is 0.783 bits per heavy atom. The second-order valence-electron chi connectivity index (χ2n) is 17.3. The summed E-state index contributed by atoms with van der Waals surface area (Å²) in [6.07, 6.45) is -7.29. The quantitative estimate of drug-likeness (QED) is 0.0236. The maximum absolute atomic E-state index is 14.3. The van der Waals surface area contributed by atoms with E-state index in [2.05, 4.69) is 20.9 Å². The fourth-order valence-electron chi connectivity index (χ4n) is 8.06. The lowest BCUT2D eigenvalue weighted by Gasteiger charge is -2.40. The number of hydrogen-bond donors (Lipinski definition) is 9. The van der Waals surface area contributed by atoms with Crippen LogP contribution in [0.25, 0.3) is 0 Å². The van der Waals surface area contributed by atoms with Crippen LogP contribution in [0.3, 0.4) is 0 Å². The molecule has 69 heavy (non-hydrogen) atoms. The minimum Gasteiger partial charge on any atom is -0.481 e. The number of ether oxygens (including phenoxy) is 1. The van der Waals surface area contributed by atoms with E-state index >= 15 is 0 Å². The fraction of sp³-hybridized carbons (Fsp3) is 0.500. The molecule has 2 heterocycles. The number of aliphatic hydroxyl groups is 3. The van der Waals surface area contributed by atoms with Crippen molar-refractivity contribution in [1.29, 1.82) is 0 Å². The van der Waals surface area contributed by atoms with Gasteiger partial charge < -0.3 is 57.5 Å². The largest absolute Gasteiger partial charge is 0.481 e. The van der Waals surface area contributed by atoms with Gasteiger partial charge in [-0.2, -0.15) is 0 Å². The summed E-state index contributed by atoms with van der Waals surface area (Å²) in [7, 11) is 0. The SMILES string of the molecule is CC[C@H]1O[C@@H](O)C(CC(=O)C(CC(=O)O)NC(=O)CCC(=O)[C@H](CCCN=C(N)N)NC(=O)[C@@H](CC(=O)[C@H](Cc2ccccc2)NC(=O)CN2C=C(C)C(=O)CC2=O)Cc2ccccc2)[C@@H](O)[C@@H]1O. The van der Waals surface area contributed by atoms with E-state index in [-0.39, 0.29) is 50.4 Å². The van der Waals surface area contributed by atoms with Crippen LogP contribution in [0.2, 0.25) is 0 Å². The number of carbonyl (C=O) groups is 9. The molecule has 21 nitrogen and oxygen atoms in total. The van der Waals surface area contributed by atoms with Gasteiger partial charge in [-0.3, -0.25) is 48.1 Å². The zero-order valence-electron chi connectivity index (χ0n) is 38.7. The highest BCUT2D eigenvalue weighted by molar-refractivity contribution is 6.10. The standard InChI is InChI=1S/C48H63N7O14/c1-3-39-45(66)44(65)31(47(68)69-39)22-38(59)34(23-43(63)64)52-40(60)17-16-35(56)32(15-10-18-51-48(49)50)54-46(67)30(19-28-11-6-4-7-12-28)21-37(58)33(20-29-13-8-5-9-14-29)53-41(61)26-55-25-27(2)36(57)24-42(55)62/h4-9,11-14,25,30-34,39,44-45,47,65-66,68H,3,10,15-24,26H2,1-2H3,(H,52,60)(H,53,61)(H,54,67)(H,63,64)(H4,49,50,51)/t30-,31?,32+,33+,34?,39-,44-,45-,47-/m1/s1. The maximum atomic E-state index is 14.3. The Kier molecular flexibility index (Phi) is 21.3. The number of nitrogens with zero attached hydrogens (tertiary/aromatic N) is 2. The number of aliphatic imine (C=N–C) groups is 1. The number of guanidine groups is 1. The lowest BCUT2D eigenvalue weighted by Crippen LogP contribution is -2.55. The number of benzene rings is 2. The van der Waals surface area contributed by atoms with Crippen LogP contribution < -0.4 is 27.4 Å². The average Bonchev–Trinajstić information content (AvgIpc) is 3.30. The van der Waals surface area contributed by atoms with Crippen molar-refractivity contribution in [3.8, 4) is 0 Å². The number of ketones is 4. The third-order valence-electron chi connectivity index (χ3n) is 11.9. The molecule has 2 aliphatic heterocycles. The molecule has 2 aromatic carbocycles. The molecule has 0 saturated carbocycles. The Labute approximate surface area is 399 Å². The van der Waals surface area contributed by atoms with E-state index in [0.717, 1.165) is 4.90 Å². The Morgan fingerprint density at radius 2 is 1.41 bits per heavy atom. The predicted molar refractivity (Wildman–Crippen MR) is 247 cm³/mol. The van der Waals surface area contributed by atoms with Gasteiger partial charge in [0.15, 0.2) is 35.4 Å². The molecule has 2 unspecified atom stereocenters. The van der Waals surface area contributed by atoms with E-state index in [1.165, 1.54) is 13.1 Å². The van der Waals surface area contributed by atoms with Crippen molar-refractivity contribution in [3.05, 3.63) is 83.6 Å². The van der Waals surface area contributed by atoms with Gasteiger partial charge in [0.25, 0.3) is 0 Å². The Balaban J connectivity index is 1.51. The summed E-state index contributed by atoms with van der Waals surface area (Å²) in [5, 5.41) is 48.8. The summed E-state index contributed by atoms with van der Waals surface area (Å²) in [4.78, 5) is 124. The van der Waals surface area contributed by atoms with Crippen molar-refractivity contribution in [1.82, 2.24) is 20.9 Å². The third-order valence-corrected chi connectivity index (χ3v) is 11.9. The van der Waals surface area contributed by atoms with Gasteiger partial charge >= 0.3 is 5.97 Å². The minimum atomic E-state index is -1.67. The number of carboxylic acid groups (broad SMARTS) is 1. The number of aliphatic hydroxyl groups excluding tert-OH is 3. The zero-order chi connectivity index (χ0) is 50.8. The maximum Gasteiger partial charge on any atom is 0.305 e. The molecular weight excluding hydrogens is 899 g/mol. The lowest BCUT2D eigenvalue weighted by atomic mass is 9.85. The summed E-state index contributed by atoms with van der Waals surface area (Å²) in [5.41, 5.74) is 12.6. The van der Waals surface area contributed by atoms with Crippen molar-refractivity contribution >= 4 is 58.7 Å². The van der Waals surface area contributed by atoms with E-state index in [4.69, 9.17) is 16.2 Å². The Bertz CT molecular complexity index is 2220. The smallest absolute Gasteiger partial charge is 0.305 e. The second-order valence-corrected chi connectivity index (χ2v) is 17.3. The average molecular weight is 962 g/mol. The van der Waals surface area contributed by atoms with Crippen molar-refractivity contribution in [3.63, 3.8) is 0 Å². The van der Waals surface area contributed by atoms with Gasteiger partial charge in [-0.25, -0.2) is 0 Å². The van der Waals surface area contributed by atoms with Gasteiger partial charge in [-0.1, -0.05) is 67.6 Å². The first-order chi connectivity index (χ1) is 32.8. The van der Waals surface area contributed by atoms with Crippen LogP contribution in [0.4, 0.5) is 0 Å². The molecular formula is C48H63N7O14. The highest BCUT2D eigenvalue weighted by Gasteiger charge is 2.45. The van der Waals surface area contributed by atoms with Crippen molar-refractivity contribution in [2.24, 2.45) is 28.3 Å². The van der Waals surface area contributed by atoms with Crippen LogP contribution in [-0.4, -0.2) is 140 Å². The monoisotopic (exact) mass is 961 g/mol. The Hall–Kier alpha value is -6.68. The van der Waals surface area contributed by atoms with E-state index < -0.39 is 147 Å². The van der Waals surface area contributed by atoms with Crippen LogP contribution in [-0.2, 0) is 60.7 Å². The molecule has 4 amide bonds. The molecule has 2 aromatic rings. The number of Topliss-reactive ketones (excluding diaryl/α,β-unsaturated/α-hetero) is 4. The van der Waals surface area contributed by atoms with E-state index in [9.17, 15) is 63.6 Å². The number of carbonyl (C=O) groups excluding carboxylic acids is 8. The summed E-state index contributed by atoms with van der Waals surface area (Å²) >= 11 is 0. The number of nitrogens with two attached hydrogens (primary N) is 2. The molecule has 374 valence electrons. The van der Waals surface area contributed by atoms with Gasteiger partial charge in [0.2, 0.25) is 23.6 Å². The predicted octanol–water partition coefficient (Wildman–Crippen LogP) is -0.491. The van der Waals surface area contributed by atoms with Crippen molar-refractivity contribution < 1.29 is 68.3 Å². The molecule has 1 fully saturated rings. The van der Waals surface area contributed by atoms with Crippen LogP contribution in [0.1, 0.15) is 82.8 Å². The van der Waals surface area contributed by atoms with Gasteiger partial charge in [-0.15, -0.1) is 0 Å². The van der Waals surface area contributed by atoms with Gasteiger partial charge in [0.05, 0.1) is 43.2 Å². The van der Waals surface area contributed by atoms with Crippen molar-refractivity contribution in [2.45, 2.75) is 127 Å². The zero-order valence-corrected chi connectivity index (χ0v) is 38.7.